The summed E-state index contributed by atoms with van der Waals surface area (Å²) in [6, 6.07) is 13.7. The van der Waals surface area contributed by atoms with E-state index in [1.54, 1.807) is 0 Å². The second kappa shape index (κ2) is 7.40. The Morgan fingerprint density at radius 3 is 2.78 bits per heavy atom. The van der Waals surface area contributed by atoms with Gasteiger partial charge >= 0.3 is 0 Å². The number of nitrogens with two attached hydrogens (primary N) is 1. The molecule has 2 aromatic carbocycles. The molecule has 140 valence electrons. The molecule has 0 bridgehead atoms. The van der Waals surface area contributed by atoms with Crippen LogP contribution in [0.25, 0.3) is 0 Å². The van der Waals surface area contributed by atoms with Gasteiger partial charge < -0.3 is 21.3 Å². The molecule has 1 saturated heterocycles. The number of nitrogens with zero attached hydrogens (tertiary/aromatic N) is 1. The molecule has 2 aromatic rings. The van der Waals surface area contributed by atoms with E-state index in [0.717, 1.165) is 29.9 Å². The minimum atomic E-state index is 0.0363. The molecule has 6 heteroatoms. The van der Waals surface area contributed by atoms with E-state index < -0.39 is 0 Å². The van der Waals surface area contributed by atoms with Gasteiger partial charge in [0.25, 0.3) is 5.91 Å². The first-order chi connectivity index (χ1) is 13.1. The van der Waals surface area contributed by atoms with Crippen LogP contribution in [0.1, 0.15) is 27.9 Å². The van der Waals surface area contributed by atoms with Crippen molar-refractivity contribution in [1.29, 1.82) is 0 Å². The highest BCUT2D eigenvalue weighted by molar-refractivity contribution is 5.98. The summed E-state index contributed by atoms with van der Waals surface area (Å²) in [5.74, 6) is 0.0905. The lowest BCUT2D eigenvalue weighted by Gasteiger charge is -2.34. The van der Waals surface area contributed by atoms with E-state index in [1.165, 1.54) is 5.56 Å². The number of fused-ring (bicyclic) bond motifs is 1. The smallest absolute Gasteiger partial charge is 0.253 e. The highest BCUT2D eigenvalue weighted by atomic mass is 16.2. The first-order valence-electron chi connectivity index (χ1n) is 9.38. The van der Waals surface area contributed by atoms with Crippen molar-refractivity contribution >= 4 is 23.2 Å². The van der Waals surface area contributed by atoms with Crippen molar-refractivity contribution in [3.63, 3.8) is 0 Å². The Morgan fingerprint density at radius 1 is 1.15 bits per heavy atom. The molecule has 4 rings (SSSR count). The Labute approximate surface area is 158 Å². The number of anilines is 2. The number of carbonyl (C=O) groups is 2. The molecule has 1 atom stereocenters. The second-order valence-corrected chi connectivity index (χ2v) is 7.27. The number of piperazine rings is 1. The summed E-state index contributed by atoms with van der Waals surface area (Å²) in [6.45, 7) is 2.16. The van der Waals surface area contributed by atoms with Crippen LogP contribution in [-0.2, 0) is 17.6 Å². The monoisotopic (exact) mass is 364 g/mol. The van der Waals surface area contributed by atoms with E-state index in [-0.39, 0.29) is 17.9 Å². The number of rotatable bonds is 3. The lowest BCUT2D eigenvalue weighted by atomic mass is 9.99. The zero-order valence-corrected chi connectivity index (χ0v) is 15.2. The summed E-state index contributed by atoms with van der Waals surface area (Å²) >= 11 is 0. The quantitative estimate of drug-likeness (QED) is 0.725. The van der Waals surface area contributed by atoms with E-state index >= 15 is 0 Å². The van der Waals surface area contributed by atoms with Gasteiger partial charge in [0.1, 0.15) is 0 Å². The third-order valence-electron chi connectivity index (χ3n) is 5.25. The molecule has 0 radical (unpaired) electrons. The molecular weight excluding hydrogens is 340 g/mol. The number of amides is 2. The van der Waals surface area contributed by atoms with Gasteiger partial charge in [-0.2, -0.15) is 0 Å². The van der Waals surface area contributed by atoms with Crippen LogP contribution >= 0.6 is 0 Å². The molecule has 2 aliphatic rings. The van der Waals surface area contributed by atoms with Crippen LogP contribution in [0.15, 0.2) is 42.5 Å². The fourth-order valence-corrected chi connectivity index (χ4v) is 3.78. The van der Waals surface area contributed by atoms with Crippen LogP contribution in [-0.4, -0.2) is 42.4 Å². The van der Waals surface area contributed by atoms with Crippen LogP contribution in [0, 0.1) is 0 Å². The van der Waals surface area contributed by atoms with Gasteiger partial charge in [-0.1, -0.05) is 12.1 Å². The molecule has 0 aliphatic carbocycles. The maximum Gasteiger partial charge on any atom is 0.253 e. The Bertz CT molecular complexity index is 863. The standard InChI is InChI=1S/C21H24N4O2/c22-17-5-1-14(2-6-17)11-18-13-25(10-9-23-18)21(27)16-3-7-19-15(12-16)4-8-20(26)24-19/h1-3,5-7,12,18,23H,4,8-11,13,22H2,(H,24,26). The van der Waals surface area contributed by atoms with Crippen LogP contribution in [0.3, 0.4) is 0 Å². The highest BCUT2D eigenvalue weighted by Crippen LogP contribution is 2.24. The Hall–Kier alpha value is -2.86. The molecule has 0 saturated carbocycles. The topological polar surface area (TPSA) is 87.5 Å². The largest absolute Gasteiger partial charge is 0.399 e. The van der Waals surface area contributed by atoms with Crippen molar-refractivity contribution < 1.29 is 9.59 Å². The average molecular weight is 364 g/mol. The fourth-order valence-electron chi connectivity index (χ4n) is 3.78. The number of nitrogen functional groups attached to an aromatic ring is 1. The SMILES string of the molecule is Nc1ccc(CC2CN(C(=O)c3ccc4c(c3)CCC(=O)N4)CCN2)cc1. The predicted octanol–water partition coefficient (Wildman–Crippen LogP) is 1.81. The fraction of sp³-hybridized carbons (Fsp3) is 0.333. The zero-order chi connectivity index (χ0) is 18.8. The molecule has 0 aromatic heterocycles. The summed E-state index contributed by atoms with van der Waals surface area (Å²) in [5.41, 5.74) is 10.3. The maximum absolute atomic E-state index is 13.0. The van der Waals surface area contributed by atoms with E-state index in [0.29, 0.717) is 31.5 Å². The Balaban J connectivity index is 1.44. The molecule has 27 heavy (non-hydrogen) atoms. The summed E-state index contributed by atoms with van der Waals surface area (Å²) in [4.78, 5) is 26.4. The van der Waals surface area contributed by atoms with Gasteiger partial charge in [-0.25, -0.2) is 0 Å². The third-order valence-corrected chi connectivity index (χ3v) is 5.25. The third kappa shape index (κ3) is 3.95. The summed E-state index contributed by atoms with van der Waals surface area (Å²) in [6.07, 6.45) is 2.02. The molecule has 1 unspecified atom stereocenters. The molecular formula is C21H24N4O2. The maximum atomic E-state index is 13.0. The van der Waals surface area contributed by atoms with Gasteiger partial charge in [0.05, 0.1) is 0 Å². The number of benzene rings is 2. The molecule has 2 heterocycles. The number of hydrogen-bond donors (Lipinski definition) is 3. The van der Waals surface area contributed by atoms with Crippen LogP contribution < -0.4 is 16.4 Å². The molecule has 4 N–H and O–H groups in total. The Kier molecular flexibility index (Phi) is 4.81. The Morgan fingerprint density at radius 2 is 1.96 bits per heavy atom. The number of carbonyl (C=O) groups excluding carboxylic acids is 2. The molecule has 6 nitrogen and oxygen atoms in total. The van der Waals surface area contributed by atoms with Gasteiger partial charge in [-0.05, 0) is 54.3 Å². The van der Waals surface area contributed by atoms with E-state index in [4.69, 9.17) is 5.73 Å². The van der Waals surface area contributed by atoms with Crippen molar-refractivity contribution in [2.24, 2.45) is 0 Å². The normalized spacial score (nSPS) is 19.3. The van der Waals surface area contributed by atoms with Gasteiger partial charge in [0.2, 0.25) is 5.91 Å². The summed E-state index contributed by atoms with van der Waals surface area (Å²) in [7, 11) is 0. The van der Waals surface area contributed by atoms with Crippen LogP contribution in [0.2, 0.25) is 0 Å². The van der Waals surface area contributed by atoms with Gasteiger partial charge in [0, 0.05) is 49.0 Å². The van der Waals surface area contributed by atoms with Crippen molar-refractivity contribution in [2.45, 2.75) is 25.3 Å². The predicted molar refractivity (Wildman–Crippen MR) is 106 cm³/mol. The first-order valence-corrected chi connectivity index (χ1v) is 9.38. The first kappa shape index (κ1) is 17.5. The number of aryl methyl sites for hydroxylation is 1. The van der Waals surface area contributed by atoms with Crippen molar-refractivity contribution in [1.82, 2.24) is 10.2 Å². The lowest BCUT2D eigenvalue weighted by molar-refractivity contribution is -0.116. The van der Waals surface area contributed by atoms with Crippen LogP contribution in [0.5, 0.6) is 0 Å². The number of nitrogens with one attached hydrogen (secondary N) is 2. The van der Waals surface area contributed by atoms with E-state index in [9.17, 15) is 9.59 Å². The van der Waals surface area contributed by atoms with Crippen molar-refractivity contribution in [3.05, 3.63) is 59.2 Å². The van der Waals surface area contributed by atoms with Gasteiger partial charge in [-0.3, -0.25) is 9.59 Å². The van der Waals surface area contributed by atoms with E-state index in [1.807, 2.05) is 47.4 Å². The minimum Gasteiger partial charge on any atom is -0.399 e. The van der Waals surface area contributed by atoms with Crippen molar-refractivity contribution in [2.75, 3.05) is 30.7 Å². The minimum absolute atomic E-state index is 0.0363. The molecule has 2 aliphatic heterocycles. The second-order valence-electron chi connectivity index (χ2n) is 7.27. The molecule has 2 amide bonds. The van der Waals surface area contributed by atoms with Crippen LogP contribution in [0.4, 0.5) is 11.4 Å². The summed E-state index contributed by atoms with van der Waals surface area (Å²) in [5, 5.41) is 6.36. The average Bonchev–Trinajstić information content (AvgIpc) is 2.69. The van der Waals surface area contributed by atoms with Gasteiger partial charge in [0.15, 0.2) is 0 Å². The van der Waals surface area contributed by atoms with Gasteiger partial charge in [-0.15, -0.1) is 0 Å². The van der Waals surface area contributed by atoms with E-state index in [2.05, 4.69) is 10.6 Å². The number of hydrogen-bond acceptors (Lipinski definition) is 4. The molecule has 0 spiro atoms. The molecule has 1 fully saturated rings. The highest BCUT2D eigenvalue weighted by Gasteiger charge is 2.25. The van der Waals surface area contributed by atoms with Crippen molar-refractivity contribution in [3.8, 4) is 0 Å². The zero-order valence-electron chi connectivity index (χ0n) is 15.2. The lowest BCUT2D eigenvalue weighted by Crippen LogP contribution is -2.53. The summed E-state index contributed by atoms with van der Waals surface area (Å²) < 4.78 is 0.